The van der Waals surface area contributed by atoms with E-state index >= 15 is 0 Å². The van der Waals surface area contributed by atoms with Crippen molar-refractivity contribution in [3.8, 4) is 0 Å². The monoisotopic (exact) mass is 225 g/mol. The molecule has 0 fully saturated rings. The van der Waals surface area contributed by atoms with Gasteiger partial charge in [-0.2, -0.15) is 5.10 Å². The number of hydrogen-bond donors (Lipinski definition) is 2. The zero-order chi connectivity index (χ0) is 12.0. The molecule has 0 radical (unpaired) electrons. The van der Waals surface area contributed by atoms with E-state index in [-0.39, 0.29) is 25.1 Å². The third-order valence-corrected chi connectivity index (χ3v) is 2.46. The van der Waals surface area contributed by atoms with E-state index in [0.717, 1.165) is 0 Å². The van der Waals surface area contributed by atoms with Gasteiger partial charge in [0.15, 0.2) is 0 Å². The Morgan fingerprint density at radius 1 is 1.56 bits per heavy atom. The Bertz CT molecular complexity index is 309. The minimum atomic E-state index is -0.0733. The van der Waals surface area contributed by atoms with Gasteiger partial charge in [0.25, 0.3) is 0 Å². The highest BCUT2D eigenvalue weighted by Gasteiger charge is 2.15. The predicted octanol–water partition coefficient (Wildman–Crippen LogP) is 0.406. The minimum absolute atomic E-state index is 0.0214. The summed E-state index contributed by atoms with van der Waals surface area (Å²) < 4.78 is 1.58. The van der Waals surface area contributed by atoms with Crippen LogP contribution in [0.4, 0.5) is 0 Å². The normalized spacial score (nSPS) is 12.8. The van der Waals surface area contributed by atoms with Gasteiger partial charge in [-0.1, -0.05) is 13.8 Å². The summed E-state index contributed by atoms with van der Waals surface area (Å²) in [5, 5.41) is 15.7. The molecule has 0 bridgehead atoms. The summed E-state index contributed by atoms with van der Waals surface area (Å²) in [6.45, 7) is 4.36. The molecule has 0 aliphatic carbocycles. The molecule has 1 amide bonds. The molecule has 0 aliphatic rings. The second kappa shape index (κ2) is 6.27. The Labute approximate surface area is 95.5 Å². The zero-order valence-electron chi connectivity index (χ0n) is 9.76. The van der Waals surface area contributed by atoms with Crippen molar-refractivity contribution in [2.75, 3.05) is 6.61 Å². The van der Waals surface area contributed by atoms with Crippen molar-refractivity contribution in [2.45, 2.75) is 32.9 Å². The van der Waals surface area contributed by atoms with Crippen molar-refractivity contribution in [1.29, 1.82) is 0 Å². The van der Waals surface area contributed by atoms with Crippen LogP contribution in [0.15, 0.2) is 18.5 Å². The first-order valence-electron chi connectivity index (χ1n) is 5.51. The van der Waals surface area contributed by atoms with Crippen LogP contribution in [0, 0.1) is 5.92 Å². The molecule has 16 heavy (non-hydrogen) atoms. The van der Waals surface area contributed by atoms with Gasteiger partial charge in [0.05, 0.1) is 0 Å². The fraction of sp³-hybridized carbons (Fsp3) is 0.636. The van der Waals surface area contributed by atoms with Gasteiger partial charge in [-0.15, -0.1) is 0 Å². The molecule has 5 nitrogen and oxygen atoms in total. The van der Waals surface area contributed by atoms with Crippen LogP contribution in [-0.2, 0) is 11.3 Å². The number of hydrogen-bond acceptors (Lipinski definition) is 3. The summed E-state index contributed by atoms with van der Waals surface area (Å²) in [6, 6.07) is 1.80. The maximum absolute atomic E-state index is 11.6. The highest BCUT2D eigenvalue weighted by molar-refractivity contribution is 5.75. The average molecular weight is 225 g/mol. The Kier molecular flexibility index (Phi) is 4.98. The molecule has 1 aromatic heterocycles. The number of nitrogens with zero attached hydrogens (tertiary/aromatic N) is 2. The van der Waals surface area contributed by atoms with E-state index in [1.54, 1.807) is 23.1 Å². The van der Waals surface area contributed by atoms with E-state index < -0.39 is 0 Å². The predicted molar refractivity (Wildman–Crippen MR) is 60.7 cm³/mol. The van der Waals surface area contributed by atoms with Gasteiger partial charge in [0, 0.05) is 25.0 Å². The zero-order valence-corrected chi connectivity index (χ0v) is 9.76. The van der Waals surface area contributed by atoms with Crippen LogP contribution in [0.25, 0.3) is 0 Å². The van der Waals surface area contributed by atoms with Gasteiger partial charge >= 0.3 is 0 Å². The van der Waals surface area contributed by atoms with Crippen molar-refractivity contribution in [3.05, 3.63) is 18.5 Å². The van der Waals surface area contributed by atoms with Crippen molar-refractivity contribution in [1.82, 2.24) is 15.1 Å². The molecule has 1 atom stereocenters. The van der Waals surface area contributed by atoms with Crippen LogP contribution in [0.1, 0.15) is 20.3 Å². The van der Waals surface area contributed by atoms with Gasteiger partial charge in [-0.05, 0) is 18.4 Å². The summed E-state index contributed by atoms with van der Waals surface area (Å²) in [7, 11) is 0. The van der Waals surface area contributed by atoms with Gasteiger partial charge in [-0.3, -0.25) is 9.48 Å². The van der Waals surface area contributed by atoms with E-state index in [1.807, 2.05) is 13.8 Å². The summed E-state index contributed by atoms with van der Waals surface area (Å²) in [5.74, 6) is 0.240. The average Bonchev–Trinajstić information content (AvgIpc) is 2.69. The number of aromatic nitrogens is 2. The van der Waals surface area contributed by atoms with Crippen molar-refractivity contribution >= 4 is 5.91 Å². The second-order valence-corrected chi connectivity index (χ2v) is 4.13. The van der Waals surface area contributed by atoms with Crippen molar-refractivity contribution in [3.63, 3.8) is 0 Å². The number of amides is 1. The second-order valence-electron chi connectivity index (χ2n) is 4.13. The van der Waals surface area contributed by atoms with Gasteiger partial charge in [0.2, 0.25) is 5.91 Å². The summed E-state index contributed by atoms with van der Waals surface area (Å²) in [5.41, 5.74) is 0. The highest BCUT2D eigenvalue weighted by Crippen LogP contribution is 2.05. The SMILES string of the molecule is CC(C)C(CCO)NC(=O)Cn1cccn1. The maximum atomic E-state index is 11.6. The first-order valence-corrected chi connectivity index (χ1v) is 5.51. The van der Waals surface area contributed by atoms with Gasteiger partial charge in [0.1, 0.15) is 6.54 Å². The summed E-state index contributed by atoms with van der Waals surface area (Å²) in [4.78, 5) is 11.6. The molecule has 0 saturated carbocycles. The number of nitrogens with one attached hydrogen (secondary N) is 1. The van der Waals surface area contributed by atoms with Crippen molar-refractivity contribution in [2.24, 2.45) is 5.92 Å². The van der Waals surface area contributed by atoms with Crippen LogP contribution >= 0.6 is 0 Å². The molecular weight excluding hydrogens is 206 g/mol. The van der Waals surface area contributed by atoms with E-state index in [4.69, 9.17) is 5.11 Å². The first kappa shape index (κ1) is 12.7. The smallest absolute Gasteiger partial charge is 0.241 e. The highest BCUT2D eigenvalue weighted by atomic mass is 16.3. The maximum Gasteiger partial charge on any atom is 0.241 e. The van der Waals surface area contributed by atoms with Crippen LogP contribution in [0.2, 0.25) is 0 Å². The lowest BCUT2D eigenvalue weighted by Gasteiger charge is -2.21. The lowest BCUT2D eigenvalue weighted by atomic mass is 10.0. The minimum Gasteiger partial charge on any atom is -0.396 e. The topological polar surface area (TPSA) is 67.2 Å². The van der Waals surface area contributed by atoms with Gasteiger partial charge in [-0.25, -0.2) is 0 Å². The molecule has 0 saturated heterocycles. The third-order valence-electron chi connectivity index (χ3n) is 2.46. The third kappa shape index (κ3) is 4.02. The molecule has 2 N–H and O–H groups in total. The van der Waals surface area contributed by atoms with Crippen LogP contribution < -0.4 is 5.32 Å². The lowest BCUT2D eigenvalue weighted by Crippen LogP contribution is -2.40. The number of carbonyl (C=O) groups is 1. The molecular formula is C11H19N3O2. The van der Waals surface area contributed by atoms with E-state index in [9.17, 15) is 4.79 Å². The fourth-order valence-electron chi connectivity index (χ4n) is 1.50. The molecule has 5 heteroatoms. The Balaban J connectivity index is 2.42. The van der Waals surface area contributed by atoms with Crippen LogP contribution in [0.5, 0.6) is 0 Å². The molecule has 0 spiro atoms. The number of aliphatic hydroxyl groups is 1. The number of rotatable bonds is 6. The molecule has 1 heterocycles. The first-order chi connectivity index (χ1) is 7.63. The molecule has 1 aromatic rings. The molecule has 1 rings (SSSR count). The largest absolute Gasteiger partial charge is 0.396 e. The quantitative estimate of drug-likeness (QED) is 0.736. The lowest BCUT2D eigenvalue weighted by molar-refractivity contribution is -0.123. The van der Waals surface area contributed by atoms with E-state index in [0.29, 0.717) is 12.3 Å². The number of aliphatic hydroxyl groups excluding tert-OH is 1. The molecule has 90 valence electrons. The molecule has 0 aromatic carbocycles. The molecule has 0 aliphatic heterocycles. The number of carbonyl (C=O) groups excluding carboxylic acids is 1. The van der Waals surface area contributed by atoms with E-state index in [1.165, 1.54) is 0 Å². The standard InChI is InChI=1S/C11H19N3O2/c1-9(2)10(4-7-15)13-11(16)8-14-6-3-5-12-14/h3,5-6,9-10,15H,4,7-8H2,1-2H3,(H,13,16). The fourth-order valence-corrected chi connectivity index (χ4v) is 1.50. The Morgan fingerprint density at radius 3 is 2.81 bits per heavy atom. The van der Waals surface area contributed by atoms with Crippen molar-refractivity contribution < 1.29 is 9.90 Å². The Hall–Kier alpha value is -1.36. The van der Waals surface area contributed by atoms with Crippen LogP contribution in [0.3, 0.4) is 0 Å². The Morgan fingerprint density at radius 2 is 2.31 bits per heavy atom. The van der Waals surface area contributed by atoms with Gasteiger partial charge < -0.3 is 10.4 Å². The molecule has 1 unspecified atom stereocenters. The van der Waals surface area contributed by atoms with Crippen LogP contribution in [-0.4, -0.2) is 33.4 Å². The summed E-state index contributed by atoms with van der Waals surface area (Å²) in [6.07, 6.45) is 3.97. The summed E-state index contributed by atoms with van der Waals surface area (Å²) >= 11 is 0. The van der Waals surface area contributed by atoms with E-state index in [2.05, 4.69) is 10.4 Å².